The minimum Gasteiger partial charge on any atom is -0.490 e. The number of nitrogens with zero attached hydrogens (tertiary/aromatic N) is 2. The zero-order chi connectivity index (χ0) is 15.9. The number of aromatic nitrogens is 2. The van der Waals surface area contributed by atoms with Crippen LogP contribution >= 0.6 is 11.6 Å². The second-order valence-corrected chi connectivity index (χ2v) is 5.11. The van der Waals surface area contributed by atoms with Crippen molar-refractivity contribution in [3.8, 4) is 5.75 Å². The number of imidazole rings is 1. The molecule has 2 aromatic rings. The zero-order valence-electron chi connectivity index (χ0n) is 13.0. The van der Waals surface area contributed by atoms with Gasteiger partial charge >= 0.3 is 0 Å². The maximum Gasteiger partial charge on any atom is 0.140 e. The van der Waals surface area contributed by atoms with Crippen molar-refractivity contribution >= 4 is 22.6 Å². The normalized spacial score (nSPS) is 11.3. The van der Waals surface area contributed by atoms with Crippen molar-refractivity contribution in [1.29, 1.82) is 0 Å². The van der Waals surface area contributed by atoms with Gasteiger partial charge in [0.05, 0.1) is 42.4 Å². The van der Waals surface area contributed by atoms with Crippen LogP contribution in [0, 0.1) is 0 Å². The Morgan fingerprint density at radius 1 is 1.23 bits per heavy atom. The molecule has 22 heavy (non-hydrogen) atoms. The summed E-state index contributed by atoms with van der Waals surface area (Å²) < 4.78 is 18.0. The van der Waals surface area contributed by atoms with Crippen LogP contribution in [-0.2, 0) is 22.6 Å². The van der Waals surface area contributed by atoms with Crippen molar-refractivity contribution in [2.24, 2.45) is 5.73 Å². The quantitative estimate of drug-likeness (QED) is 0.715. The van der Waals surface area contributed by atoms with Crippen LogP contribution in [0.1, 0.15) is 12.7 Å². The highest BCUT2D eigenvalue weighted by Gasteiger charge is 2.12. The first-order valence-electron chi connectivity index (χ1n) is 7.29. The van der Waals surface area contributed by atoms with Gasteiger partial charge in [0.15, 0.2) is 0 Å². The van der Waals surface area contributed by atoms with E-state index in [-0.39, 0.29) is 0 Å². The van der Waals surface area contributed by atoms with Crippen LogP contribution in [-0.4, -0.2) is 43.1 Å². The van der Waals surface area contributed by atoms with Gasteiger partial charge in [0.25, 0.3) is 0 Å². The molecule has 2 N–H and O–H groups in total. The molecule has 0 saturated heterocycles. The van der Waals surface area contributed by atoms with Crippen LogP contribution in [0.4, 0.5) is 0 Å². The van der Waals surface area contributed by atoms with Gasteiger partial charge in [-0.15, -0.1) is 0 Å². The molecule has 1 heterocycles. The zero-order valence-corrected chi connectivity index (χ0v) is 13.7. The number of ether oxygens (including phenoxy) is 3. The minimum atomic E-state index is 0.393. The second kappa shape index (κ2) is 8.33. The first-order chi connectivity index (χ1) is 10.7. The molecule has 0 saturated carbocycles. The van der Waals surface area contributed by atoms with E-state index in [0.29, 0.717) is 43.7 Å². The van der Waals surface area contributed by atoms with Crippen LogP contribution in [0.3, 0.4) is 0 Å². The number of hydrogen-bond acceptors (Lipinski definition) is 5. The van der Waals surface area contributed by atoms with Gasteiger partial charge in [0, 0.05) is 19.7 Å². The van der Waals surface area contributed by atoms with E-state index in [1.807, 2.05) is 12.1 Å². The Kier molecular flexibility index (Phi) is 6.45. The summed E-state index contributed by atoms with van der Waals surface area (Å²) in [5.41, 5.74) is 7.53. The van der Waals surface area contributed by atoms with Crippen LogP contribution in [0.2, 0.25) is 5.02 Å². The lowest BCUT2D eigenvalue weighted by Gasteiger charge is -2.10. The molecule has 0 amide bonds. The maximum absolute atomic E-state index is 6.25. The number of halogens is 1. The molecule has 0 aliphatic carbocycles. The van der Waals surface area contributed by atoms with Crippen LogP contribution in [0.15, 0.2) is 12.1 Å². The van der Waals surface area contributed by atoms with Gasteiger partial charge in [-0.2, -0.15) is 0 Å². The van der Waals surface area contributed by atoms with Crippen molar-refractivity contribution in [3.05, 3.63) is 23.0 Å². The molecule has 122 valence electrons. The Hall–Kier alpha value is -1.34. The number of nitrogens with two attached hydrogens (primary N) is 1. The number of hydrogen-bond donors (Lipinski definition) is 1. The predicted octanol–water partition coefficient (Wildman–Crippen LogP) is 2.21. The number of methoxy groups -OCH3 is 1. The molecular formula is C15H22ClN3O3. The number of rotatable bonds is 9. The molecule has 6 nitrogen and oxygen atoms in total. The Morgan fingerprint density at radius 3 is 2.68 bits per heavy atom. The van der Waals surface area contributed by atoms with E-state index in [9.17, 15) is 0 Å². The van der Waals surface area contributed by atoms with Gasteiger partial charge in [-0.3, -0.25) is 0 Å². The van der Waals surface area contributed by atoms with E-state index < -0.39 is 0 Å². The summed E-state index contributed by atoms with van der Waals surface area (Å²) in [4.78, 5) is 4.49. The van der Waals surface area contributed by atoms with E-state index in [1.165, 1.54) is 0 Å². The molecule has 1 aromatic carbocycles. The van der Waals surface area contributed by atoms with Crippen LogP contribution in [0.25, 0.3) is 11.0 Å². The van der Waals surface area contributed by atoms with Gasteiger partial charge in [-0.1, -0.05) is 11.6 Å². The third-order valence-corrected chi connectivity index (χ3v) is 3.59. The molecule has 0 spiro atoms. The second-order valence-electron chi connectivity index (χ2n) is 4.70. The van der Waals surface area contributed by atoms with Crippen molar-refractivity contribution in [3.63, 3.8) is 0 Å². The molecule has 0 aliphatic rings. The topological polar surface area (TPSA) is 71.5 Å². The number of fused-ring (bicyclic) bond motifs is 1. The Balaban J connectivity index is 2.08. The average Bonchev–Trinajstić information content (AvgIpc) is 2.87. The van der Waals surface area contributed by atoms with Gasteiger partial charge < -0.3 is 24.5 Å². The molecular weight excluding hydrogens is 306 g/mol. The Bertz CT molecular complexity index is 616. The molecule has 2 rings (SSSR count). The van der Waals surface area contributed by atoms with Crippen LogP contribution < -0.4 is 10.5 Å². The van der Waals surface area contributed by atoms with E-state index >= 15 is 0 Å². The average molecular weight is 328 g/mol. The summed E-state index contributed by atoms with van der Waals surface area (Å²) in [6, 6.07) is 3.71. The summed E-state index contributed by atoms with van der Waals surface area (Å²) in [6.45, 7) is 5.28. The molecule has 0 fully saturated rings. The molecule has 1 aromatic heterocycles. The van der Waals surface area contributed by atoms with E-state index in [4.69, 9.17) is 31.5 Å². The van der Waals surface area contributed by atoms with Crippen molar-refractivity contribution in [2.75, 3.05) is 33.5 Å². The minimum absolute atomic E-state index is 0.393. The largest absolute Gasteiger partial charge is 0.490 e. The fourth-order valence-electron chi connectivity index (χ4n) is 2.25. The Labute approximate surface area is 135 Å². The number of aryl methyl sites for hydroxylation is 1. The standard InChI is InChI=1S/C15H22ClN3O3/c1-3-19-13-9-14(22-7-6-21-5-4-20-2)11(16)8-12(13)18-15(19)10-17/h8-9H,3-7,10,17H2,1-2H3. The first-order valence-corrected chi connectivity index (χ1v) is 7.67. The molecule has 0 bridgehead atoms. The lowest BCUT2D eigenvalue weighted by atomic mass is 10.3. The summed E-state index contributed by atoms with van der Waals surface area (Å²) in [5, 5.41) is 0.536. The molecule has 0 aliphatic heterocycles. The van der Waals surface area contributed by atoms with Crippen LogP contribution in [0.5, 0.6) is 5.75 Å². The van der Waals surface area contributed by atoms with Gasteiger partial charge in [0.1, 0.15) is 18.2 Å². The molecule has 0 unspecified atom stereocenters. The highest BCUT2D eigenvalue weighted by molar-refractivity contribution is 6.32. The summed E-state index contributed by atoms with van der Waals surface area (Å²) in [7, 11) is 1.64. The van der Waals surface area contributed by atoms with Crippen molar-refractivity contribution in [2.45, 2.75) is 20.0 Å². The summed E-state index contributed by atoms with van der Waals surface area (Å²) in [6.07, 6.45) is 0. The number of benzene rings is 1. The highest BCUT2D eigenvalue weighted by Crippen LogP contribution is 2.30. The molecule has 0 radical (unpaired) electrons. The van der Waals surface area contributed by atoms with Crippen molar-refractivity contribution < 1.29 is 14.2 Å². The maximum atomic E-state index is 6.25. The summed E-state index contributed by atoms with van der Waals surface area (Å²) in [5.74, 6) is 1.47. The smallest absolute Gasteiger partial charge is 0.140 e. The predicted molar refractivity (Wildman–Crippen MR) is 86.5 cm³/mol. The Morgan fingerprint density at radius 2 is 2.00 bits per heavy atom. The lowest BCUT2D eigenvalue weighted by molar-refractivity contribution is 0.0544. The van der Waals surface area contributed by atoms with Gasteiger partial charge in [-0.25, -0.2) is 4.98 Å². The van der Waals surface area contributed by atoms with E-state index in [0.717, 1.165) is 23.4 Å². The first kappa shape index (κ1) is 17.0. The van der Waals surface area contributed by atoms with Crippen molar-refractivity contribution in [1.82, 2.24) is 9.55 Å². The SMILES string of the molecule is CCn1c(CN)nc2cc(Cl)c(OCCOCCOC)cc21. The molecule has 7 heteroatoms. The van der Waals surface area contributed by atoms with Gasteiger partial charge in [-0.05, 0) is 13.0 Å². The summed E-state index contributed by atoms with van der Waals surface area (Å²) >= 11 is 6.25. The monoisotopic (exact) mass is 327 g/mol. The van der Waals surface area contributed by atoms with E-state index in [1.54, 1.807) is 7.11 Å². The third kappa shape index (κ3) is 3.89. The fraction of sp³-hybridized carbons (Fsp3) is 0.533. The fourth-order valence-corrected chi connectivity index (χ4v) is 2.46. The highest BCUT2D eigenvalue weighted by atomic mass is 35.5. The molecule has 0 atom stereocenters. The lowest BCUT2D eigenvalue weighted by Crippen LogP contribution is -2.10. The van der Waals surface area contributed by atoms with E-state index in [2.05, 4.69) is 16.5 Å². The van der Waals surface area contributed by atoms with Gasteiger partial charge in [0.2, 0.25) is 0 Å². The third-order valence-electron chi connectivity index (χ3n) is 3.30.